The first-order valence-electron chi connectivity index (χ1n) is 7.24. The SMILES string of the molecule is CCCNC(C)(CO)CCCN1CCC(OC)C1. The van der Waals surface area contributed by atoms with Gasteiger partial charge in [-0.1, -0.05) is 6.92 Å². The molecule has 2 N–H and O–H groups in total. The second kappa shape index (κ2) is 8.10. The molecule has 0 aromatic carbocycles. The van der Waals surface area contributed by atoms with Gasteiger partial charge in [0.15, 0.2) is 0 Å². The zero-order valence-corrected chi connectivity index (χ0v) is 12.2. The molecule has 1 aliphatic heterocycles. The molecule has 18 heavy (non-hydrogen) atoms. The Labute approximate surface area is 112 Å². The van der Waals surface area contributed by atoms with Gasteiger partial charge in [0.2, 0.25) is 0 Å². The van der Waals surface area contributed by atoms with E-state index in [2.05, 4.69) is 24.1 Å². The van der Waals surface area contributed by atoms with Crippen LogP contribution < -0.4 is 5.32 Å². The van der Waals surface area contributed by atoms with Gasteiger partial charge >= 0.3 is 0 Å². The van der Waals surface area contributed by atoms with Gasteiger partial charge < -0.3 is 20.1 Å². The van der Waals surface area contributed by atoms with Crippen LogP contribution in [0.3, 0.4) is 0 Å². The van der Waals surface area contributed by atoms with E-state index in [-0.39, 0.29) is 12.1 Å². The molecule has 0 radical (unpaired) electrons. The summed E-state index contributed by atoms with van der Waals surface area (Å²) in [7, 11) is 1.80. The van der Waals surface area contributed by atoms with Crippen molar-refractivity contribution >= 4 is 0 Å². The molecule has 0 saturated carbocycles. The van der Waals surface area contributed by atoms with Gasteiger partial charge in [0.05, 0.1) is 12.7 Å². The molecular formula is C14H30N2O2. The molecule has 0 amide bonds. The van der Waals surface area contributed by atoms with Crippen LogP contribution in [0.25, 0.3) is 0 Å². The third-order valence-corrected chi connectivity index (χ3v) is 3.92. The summed E-state index contributed by atoms with van der Waals surface area (Å²) in [4.78, 5) is 2.46. The highest BCUT2D eigenvalue weighted by Crippen LogP contribution is 2.16. The molecule has 0 aliphatic carbocycles. The van der Waals surface area contributed by atoms with Crippen molar-refractivity contribution in [1.29, 1.82) is 0 Å². The lowest BCUT2D eigenvalue weighted by Crippen LogP contribution is -2.46. The van der Waals surface area contributed by atoms with Crippen LogP contribution in [0.5, 0.6) is 0 Å². The Bertz CT molecular complexity index is 226. The van der Waals surface area contributed by atoms with Crippen LogP contribution in [0.2, 0.25) is 0 Å². The van der Waals surface area contributed by atoms with Crippen LogP contribution in [0, 0.1) is 0 Å². The summed E-state index contributed by atoms with van der Waals surface area (Å²) in [5.41, 5.74) is -0.115. The number of rotatable bonds is 9. The van der Waals surface area contributed by atoms with Gasteiger partial charge in [-0.15, -0.1) is 0 Å². The Kier molecular flexibility index (Phi) is 7.15. The highest BCUT2D eigenvalue weighted by atomic mass is 16.5. The summed E-state index contributed by atoms with van der Waals surface area (Å²) < 4.78 is 5.37. The van der Waals surface area contributed by atoms with Crippen LogP contribution in [-0.2, 0) is 4.74 Å². The van der Waals surface area contributed by atoms with Gasteiger partial charge in [-0.3, -0.25) is 0 Å². The molecule has 1 aliphatic rings. The van der Waals surface area contributed by atoms with Gasteiger partial charge in [0, 0.05) is 25.7 Å². The quantitative estimate of drug-likeness (QED) is 0.653. The van der Waals surface area contributed by atoms with Gasteiger partial charge in [-0.25, -0.2) is 0 Å². The van der Waals surface area contributed by atoms with E-state index in [1.807, 2.05) is 0 Å². The van der Waals surface area contributed by atoms with Gasteiger partial charge in [-0.2, -0.15) is 0 Å². The predicted molar refractivity (Wildman–Crippen MR) is 74.9 cm³/mol. The predicted octanol–water partition coefficient (Wildman–Crippen LogP) is 1.24. The molecule has 0 bridgehead atoms. The third kappa shape index (κ3) is 5.22. The van der Waals surface area contributed by atoms with E-state index in [9.17, 15) is 5.11 Å². The van der Waals surface area contributed by atoms with E-state index in [4.69, 9.17) is 4.74 Å². The normalized spacial score (nSPS) is 24.3. The Hall–Kier alpha value is -0.160. The summed E-state index contributed by atoms with van der Waals surface area (Å²) in [5, 5.41) is 12.9. The number of nitrogens with zero attached hydrogens (tertiary/aromatic N) is 1. The number of aliphatic hydroxyl groups excluding tert-OH is 1. The van der Waals surface area contributed by atoms with Gasteiger partial charge in [0.25, 0.3) is 0 Å². The molecule has 0 aromatic heterocycles. The van der Waals surface area contributed by atoms with Gasteiger partial charge in [0.1, 0.15) is 0 Å². The van der Waals surface area contributed by atoms with Gasteiger partial charge in [-0.05, 0) is 45.7 Å². The first-order chi connectivity index (χ1) is 8.63. The van der Waals surface area contributed by atoms with Crippen LogP contribution in [0.15, 0.2) is 0 Å². The molecule has 1 heterocycles. The molecule has 4 heteroatoms. The summed E-state index contributed by atoms with van der Waals surface area (Å²) in [5.74, 6) is 0. The fourth-order valence-corrected chi connectivity index (χ4v) is 2.54. The number of nitrogens with one attached hydrogen (secondary N) is 1. The zero-order chi connectivity index (χ0) is 13.4. The standard InChI is InChI=1S/C14H30N2O2/c1-4-8-15-14(2,12-17)7-5-9-16-10-6-13(11-16)18-3/h13,15,17H,4-12H2,1-3H3. The molecule has 2 unspecified atom stereocenters. The average molecular weight is 258 g/mol. The van der Waals surface area contributed by atoms with E-state index < -0.39 is 0 Å². The van der Waals surface area contributed by atoms with Crippen molar-refractivity contribution in [1.82, 2.24) is 10.2 Å². The lowest BCUT2D eigenvalue weighted by molar-refractivity contribution is 0.106. The minimum absolute atomic E-state index is 0.115. The molecular weight excluding hydrogens is 228 g/mol. The molecule has 1 rings (SSSR count). The molecule has 0 aromatic rings. The second-order valence-corrected chi connectivity index (χ2v) is 5.70. The van der Waals surface area contributed by atoms with Crippen molar-refractivity contribution in [2.75, 3.05) is 39.9 Å². The van der Waals surface area contributed by atoms with Crippen molar-refractivity contribution in [3.05, 3.63) is 0 Å². The smallest absolute Gasteiger partial charge is 0.0710 e. The number of hydrogen-bond acceptors (Lipinski definition) is 4. The van der Waals surface area contributed by atoms with Crippen molar-refractivity contribution in [3.8, 4) is 0 Å². The minimum atomic E-state index is -0.115. The van der Waals surface area contributed by atoms with Crippen LogP contribution in [0.4, 0.5) is 0 Å². The van der Waals surface area contributed by atoms with E-state index in [0.717, 1.165) is 51.9 Å². The number of likely N-dealkylation sites (tertiary alicyclic amines) is 1. The summed E-state index contributed by atoms with van der Waals surface area (Å²) >= 11 is 0. The monoisotopic (exact) mass is 258 g/mol. The molecule has 108 valence electrons. The highest BCUT2D eigenvalue weighted by Gasteiger charge is 2.24. The molecule has 2 atom stereocenters. The van der Waals surface area contributed by atoms with Crippen molar-refractivity contribution in [2.24, 2.45) is 0 Å². The average Bonchev–Trinajstić information content (AvgIpc) is 2.84. The van der Waals surface area contributed by atoms with E-state index >= 15 is 0 Å². The number of methoxy groups -OCH3 is 1. The van der Waals surface area contributed by atoms with Crippen molar-refractivity contribution in [3.63, 3.8) is 0 Å². The maximum Gasteiger partial charge on any atom is 0.0710 e. The van der Waals surface area contributed by atoms with E-state index in [1.54, 1.807) is 7.11 Å². The lowest BCUT2D eigenvalue weighted by atomic mass is 9.96. The largest absolute Gasteiger partial charge is 0.394 e. The summed E-state index contributed by atoms with van der Waals surface area (Å²) in [6.45, 7) is 8.79. The topological polar surface area (TPSA) is 44.7 Å². The maximum absolute atomic E-state index is 9.49. The first kappa shape index (κ1) is 15.9. The minimum Gasteiger partial charge on any atom is -0.394 e. The summed E-state index contributed by atoms with van der Waals surface area (Å²) in [6, 6.07) is 0. The highest BCUT2D eigenvalue weighted by molar-refractivity contribution is 4.83. The number of aliphatic hydroxyl groups is 1. The molecule has 1 fully saturated rings. The van der Waals surface area contributed by atoms with Crippen LogP contribution in [0.1, 0.15) is 39.5 Å². The Morgan fingerprint density at radius 2 is 2.28 bits per heavy atom. The third-order valence-electron chi connectivity index (χ3n) is 3.92. The lowest BCUT2D eigenvalue weighted by Gasteiger charge is -2.29. The first-order valence-corrected chi connectivity index (χ1v) is 7.24. The van der Waals surface area contributed by atoms with Crippen molar-refractivity contribution in [2.45, 2.75) is 51.2 Å². The Morgan fingerprint density at radius 1 is 1.50 bits per heavy atom. The Morgan fingerprint density at radius 3 is 2.83 bits per heavy atom. The number of ether oxygens (including phenoxy) is 1. The van der Waals surface area contributed by atoms with Crippen LogP contribution in [-0.4, -0.2) is 61.5 Å². The fraction of sp³-hybridized carbons (Fsp3) is 1.00. The van der Waals surface area contributed by atoms with E-state index in [1.165, 1.54) is 0 Å². The maximum atomic E-state index is 9.49. The zero-order valence-electron chi connectivity index (χ0n) is 12.2. The van der Waals surface area contributed by atoms with E-state index in [0.29, 0.717) is 6.10 Å². The van der Waals surface area contributed by atoms with Crippen molar-refractivity contribution < 1.29 is 9.84 Å². The molecule has 4 nitrogen and oxygen atoms in total. The second-order valence-electron chi connectivity index (χ2n) is 5.70. The molecule has 1 saturated heterocycles. The summed E-state index contributed by atoms with van der Waals surface area (Å²) in [6.07, 6.45) is 4.84. The Balaban J connectivity index is 2.19. The molecule has 0 spiro atoms. The number of hydrogen-bond donors (Lipinski definition) is 2. The van der Waals surface area contributed by atoms with Crippen LogP contribution >= 0.6 is 0 Å². The fourth-order valence-electron chi connectivity index (χ4n) is 2.54.